The first kappa shape index (κ1) is 22.0. The van der Waals surface area contributed by atoms with E-state index in [9.17, 15) is 18.9 Å². The highest BCUT2D eigenvalue weighted by molar-refractivity contribution is 14.1. The van der Waals surface area contributed by atoms with E-state index in [2.05, 4.69) is 11.9 Å². The topological polar surface area (TPSA) is 98.8 Å². The molecule has 1 aliphatic rings. The molecule has 1 aromatic rings. The number of amides is 2. The first-order valence-corrected chi connectivity index (χ1v) is 10.9. The standard InChI is InChI=1S/C17H18ClIN2O5S/c1-10(2)13(16(24)26-9-12-7-5-4-6-8-12)21-15(23)14(20-11(3)22)17(21,19)27(18)25/h4-8,13-14H,1,9H2,2-3H3,(H,20,22). The molecule has 27 heavy (non-hydrogen) atoms. The Kier molecular flexibility index (Phi) is 7.17. The number of nitrogens with one attached hydrogen (secondary N) is 1. The van der Waals surface area contributed by atoms with Crippen LogP contribution in [0.1, 0.15) is 19.4 Å². The van der Waals surface area contributed by atoms with E-state index >= 15 is 0 Å². The number of ether oxygens (including phenoxy) is 1. The second-order valence-electron chi connectivity index (χ2n) is 6.02. The zero-order valence-corrected chi connectivity index (χ0v) is 18.3. The summed E-state index contributed by atoms with van der Waals surface area (Å²) in [5.74, 6) is -1.78. The number of esters is 1. The molecular weight excluding hydrogens is 507 g/mol. The lowest BCUT2D eigenvalue weighted by atomic mass is 9.99. The second-order valence-corrected chi connectivity index (χ2v) is 10.3. The minimum atomic E-state index is -2.08. The van der Waals surface area contributed by atoms with Gasteiger partial charge in [-0.2, -0.15) is 0 Å². The molecule has 10 heteroatoms. The van der Waals surface area contributed by atoms with Crippen LogP contribution in [-0.2, 0) is 36.1 Å². The second kappa shape index (κ2) is 8.80. The number of rotatable bonds is 7. The van der Waals surface area contributed by atoms with Gasteiger partial charge in [0.2, 0.25) is 5.91 Å². The van der Waals surface area contributed by atoms with Gasteiger partial charge >= 0.3 is 5.97 Å². The average molecular weight is 525 g/mol. The Labute approximate surface area is 178 Å². The molecule has 2 rings (SSSR count). The quantitative estimate of drug-likeness (QED) is 0.112. The van der Waals surface area contributed by atoms with Gasteiger partial charge in [0.15, 0.2) is 22.8 Å². The van der Waals surface area contributed by atoms with Crippen molar-refractivity contribution < 1.29 is 23.7 Å². The van der Waals surface area contributed by atoms with E-state index in [-0.39, 0.29) is 6.61 Å². The van der Waals surface area contributed by atoms with Crippen LogP contribution < -0.4 is 5.32 Å². The van der Waals surface area contributed by atoms with Gasteiger partial charge < -0.3 is 14.6 Å². The van der Waals surface area contributed by atoms with Crippen molar-refractivity contribution >= 4 is 61.4 Å². The zero-order chi connectivity index (χ0) is 20.4. The molecule has 1 aromatic carbocycles. The maximum atomic E-state index is 12.7. The van der Waals surface area contributed by atoms with Crippen molar-refractivity contribution in [2.24, 2.45) is 0 Å². The predicted octanol–water partition coefficient (Wildman–Crippen LogP) is 2.01. The Hall–Kier alpha value is -1.30. The third kappa shape index (κ3) is 4.41. The van der Waals surface area contributed by atoms with Gasteiger partial charge in [-0.25, -0.2) is 4.79 Å². The number of carbonyl (C=O) groups excluding carboxylic acids is 3. The van der Waals surface area contributed by atoms with Crippen molar-refractivity contribution in [3.8, 4) is 0 Å². The van der Waals surface area contributed by atoms with Crippen molar-refractivity contribution in [1.82, 2.24) is 10.2 Å². The van der Waals surface area contributed by atoms with Gasteiger partial charge in [0, 0.05) is 29.5 Å². The van der Waals surface area contributed by atoms with Gasteiger partial charge in [-0.05, 0) is 18.1 Å². The number of carbonyl (C=O) groups is 3. The zero-order valence-electron chi connectivity index (χ0n) is 14.6. The Morgan fingerprint density at radius 3 is 2.52 bits per heavy atom. The molecule has 2 amide bonds. The van der Waals surface area contributed by atoms with Crippen molar-refractivity contribution in [2.45, 2.75) is 35.4 Å². The van der Waals surface area contributed by atoms with Crippen molar-refractivity contribution in [3.63, 3.8) is 0 Å². The van der Waals surface area contributed by atoms with E-state index < -0.39 is 43.1 Å². The molecule has 1 heterocycles. The molecule has 4 unspecified atom stereocenters. The summed E-state index contributed by atoms with van der Waals surface area (Å²) in [6.07, 6.45) is 0. The summed E-state index contributed by atoms with van der Waals surface area (Å²) in [4.78, 5) is 37.7. The highest BCUT2D eigenvalue weighted by Gasteiger charge is 2.71. The summed E-state index contributed by atoms with van der Waals surface area (Å²) >= 11 is 1.72. The smallest absolute Gasteiger partial charge is 0.333 e. The van der Waals surface area contributed by atoms with Gasteiger partial charge in [-0.3, -0.25) is 14.5 Å². The Bertz CT molecular complexity index is 763. The molecule has 0 aromatic heterocycles. The fraction of sp³-hybridized carbons (Fsp3) is 0.353. The molecule has 0 aliphatic carbocycles. The summed E-state index contributed by atoms with van der Waals surface area (Å²) in [5.41, 5.74) is 1.10. The largest absolute Gasteiger partial charge is 0.597 e. The van der Waals surface area contributed by atoms with Crippen LogP contribution in [-0.4, -0.2) is 42.2 Å². The van der Waals surface area contributed by atoms with Crippen LogP contribution in [0.4, 0.5) is 0 Å². The van der Waals surface area contributed by atoms with Crippen LogP contribution >= 0.6 is 33.3 Å². The van der Waals surface area contributed by atoms with Crippen LogP contribution in [0, 0.1) is 0 Å². The van der Waals surface area contributed by atoms with Crippen LogP contribution in [0.25, 0.3) is 0 Å². The van der Waals surface area contributed by atoms with Crippen LogP contribution in [0.5, 0.6) is 0 Å². The van der Waals surface area contributed by atoms with E-state index in [1.54, 1.807) is 41.6 Å². The van der Waals surface area contributed by atoms with Gasteiger partial charge in [-0.15, -0.1) is 0 Å². The number of hydrogen-bond acceptors (Lipinski definition) is 5. The molecular formula is C17H18ClIN2O5S. The lowest BCUT2D eigenvalue weighted by Gasteiger charge is -2.52. The number of nitrogens with zero attached hydrogens (tertiary/aromatic N) is 1. The van der Waals surface area contributed by atoms with Crippen molar-refractivity contribution in [2.75, 3.05) is 0 Å². The molecule has 4 atom stereocenters. The van der Waals surface area contributed by atoms with E-state index in [1.165, 1.54) is 6.92 Å². The Morgan fingerprint density at radius 1 is 1.44 bits per heavy atom. The number of hydrogen-bond donors (Lipinski definition) is 1. The molecule has 1 aliphatic heterocycles. The maximum absolute atomic E-state index is 12.7. The monoisotopic (exact) mass is 524 g/mol. The summed E-state index contributed by atoms with van der Waals surface area (Å²) in [6.45, 7) is 6.55. The highest BCUT2D eigenvalue weighted by Crippen LogP contribution is 2.47. The molecule has 1 saturated heterocycles. The van der Waals surface area contributed by atoms with Crippen molar-refractivity contribution in [1.29, 1.82) is 0 Å². The number of benzene rings is 1. The molecule has 0 spiro atoms. The van der Waals surface area contributed by atoms with Crippen molar-refractivity contribution in [3.05, 3.63) is 48.0 Å². The molecule has 0 saturated carbocycles. The minimum Gasteiger partial charge on any atom is -0.597 e. The van der Waals surface area contributed by atoms with E-state index in [0.717, 1.165) is 10.5 Å². The maximum Gasteiger partial charge on any atom is 0.333 e. The summed E-state index contributed by atoms with van der Waals surface area (Å²) in [5, 5.41) is 2.42. The Morgan fingerprint density at radius 2 is 2.04 bits per heavy atom. The average Bonchev–Trinajstić information content (AvgIpc) is 2.61. The fourth-order valence-electron chi connectivity index (χ4n) is 2.68. The number of halogens is 2. The van der Waals surface area contributed by atoms with Gasteiger partial charge in [-0.1, -0.05) is 36.9 Å². The molecule has 0 radical (unpaired) electrons. The van der Waals surface area contributed by atoms with Crippen LogP contribution in [0.3, 0.4) is 0 Å². The first-order valence-electron chi connectivity index (χ1n) is 7.84. The van der Waals surface area contributed by atoms with E-state index in [0.29, 0.717) is 5.57 Å². The lowest BCUT2D eigenvalue weighted by molar-refractivity contribution is -0.164. The van der Waals surface area contributed by atoms with Gasteiger partial charge in [0.05, 0.1) is 0 Å². The predicted molar refractivity (Wildman–Crippen MR) is 110 cm³/mol. The molecule has 1 fully saturated rings. The van der Waals surface area contributed by atoms with Gasteiger partial charge in [0.25, 0.3) is 8.78 Å². The normalized spacial score (nSPS) is 23.8. The highest BCUT2D eigenvalue weighted by atomic mass is 127. The Balaban J connectivity index is 2.24. The minimum absolute atomic E-state index is 0.0127. The number of likely N-dealkylation sites (tertiary alicyclic amines) is 1. The van der Waals surface area contributed by atoms with Crippen LogP contribution in [0.15, 0.2) is 42.5 Å². The SMILES string of the molecule is C=C(C)C(C(=O)OCc1ccccc1)N1C(=O)C(NC(C)=O)C1(I)[S+]([O-])Cl. The van der Waals surface area contributed by atoms with Gasteiger partial charge in [0.1, 0.15) is 17.0 Å². The summed E-state index contributed by atoms with van der Waals surface area (Å²) in [7, 11) is 3.74. The molecule has 146 valence electrons. The molecule has 0 bridgehead atoms. The first-order chi connectivity index (χ1) is 12.6. The number of β-lactam (4-membered cyclic amide) rings is 1. The number of alkyl halides is 1. The van der Waals surface area contributed by atoms with E-state index in [4.69, 9.17) is 15.4 Å². The lowest BCUT2D eigenvalue weighted by Crippen LogP contribution is -2.81. The fourth-order valence-corrected chi connectivity index (χ4v) is 4.80. The third-order valence-electron chi connectivity index (χ3n) is 3.91. The summed E-state index contributed by atoms with van der Waals surface area (Å²) in [6, 6.07) is 6.75. The summed E-state index contributed by atoms with van der Waals surface area (Å²) < 4.78 is 16.0. The van der Waals surface area contributed by atoms with E-state index in [1.807, 2.05) is 18.2 Å². The molecule has 1 N–H and O–H groups in total. The molecule has 7 nitrogen and oxygen atoms in total. The third-order valence-corrected chi connectivity index (χ3v) is 8.63. The van der Waals surface area contributed by atoms with Crippen LogP contribution in [0.2, 0.25) is 0 Å².